The number of nitrogens with one attached hydrogen (secondary N) is 2. The Morgan fingerprint density at radius 1 is 0.893 bits per heavy atom. The van der Waals surface area contributed by atoms with Crippen molar-refractivity contribution in [3.63, 3.8) is 0 Å². The molecule has 0 aliphatic carbocycles. The van der Waals surface area contributed by atoms with Crippen LogP contribution in [-0.2, 0) is 0 Å². The highest BCUT2D eigenvalue weighted by Crippen LogP contribution is 2.20. The van der Waals surface area contributed by atoms with Gasteiger partial charge in [0.2, 0.25) is 0 Å². The molecule has 2 amide bonds. The summed E-state index contributed by atoms with van der Waals surface area (Å²) in [6.07, 6.45) is 2.78. The van der Waals surface area contributed by atoms with E-state index in [1.807, 2.05) is 38.1 Å². The lowest BCUT2D eigenvalue weighted by atomic mass is 10.1. The number of pyridine rings is 1. The van der Waals surface area contributed by atoms with Crippen LogP contribution >= 0.6 is 0 Å². The number of nitrogens with zero attached hydrogens (tertiary/aromatic N) is 2. The molecule has 0 unspecified atom stereocenters. The summed E-state index contributed by atoms with van der Waals surface area (Å²) in [5.41, 5.74) is 3.89. The zero-order valence-corrected chi connectivity index (χ0v) is 15.5. The predicted molar refractivity (Wildman–Crippen MR) is 107 cm³/mol. The number of aromatic nitrogens is 1. The minimum Gasteiger partial charge on any atom is -0.321 e. The summed E-state index contributed by atoms with van der Waals surface area (Å²) in [5.74, 6) is -0.797. The van der Waals surface area contributed by atoms with E-state index in [1.54, 1.807) is 24.3 Å². The molecule has 0 radical (unpaired) electrons. The molecule has 2 aromatic carbocycles. The van der Waals surface area contributed by atoms with Crippen molar-refractivity contribution in [2.45, 2.75) is 13.8 Å². The molecule has 0 atom stereocenters. The number of anilines is 2. The second-order valence-corrected chi connectivity index (χ2v) is 6.29. The molecule has 0 spiro atoms. The molecule has 6 nitrogen and oxygen atoms in total. The number of benzene rings is 2. The van der Waals surface area contributed by atoms with Crippen molar-refractivity contribution in [2.75, 3.05) is 10.6 Å². The molecule has 6 heteroatoms. The van der Waals surface area contributed by atoms with E-state index in [2.05, 4.69) is 15.6 Å². The Morgan fingerprint density at radius 2 is 1.50 bits per heavy atom. The highest BCUT2D eigenvalue weighted by atomic mass is 16.2. The van der Waals surface area contributed by atoms with E-state index in [-0.39, 0.29) is 17.0 Å². The van der Waals surface area contributed by atoms with Crippen LogP contribution in [0, 0.1) is 25.2 Å². The first-order valence-electron chi connectivity index (χ1n) is 8.62. The number of amides is 2. The summed E-state index contributed by atoms with van der Waals surface area (Å²) in [5, 5.41) is 14.7. The van der Waals surface area contributed by atoms with Crippen LogP contribution < -0.4 is 10.6 Å². The summed E-state index contributed by atoms with van der Waals surface area (Å²) in [4.78, 5) is 29.2. The van der Waals surface area contributed by atoms with Crippen molar-refractivity contribution in [1.29, 1.82) is 5.26 Å². The van der Waals surface area contributed by atoms with Gasteiger partial charge in [-0.3, -0.25) is 14.6 Å². The van der Waals surface area contributed by atoms with Crippen molar-refractivity contribution in [2.24, 2.45) is 0 Å². The van der Waals surface area contributed by atoms with Gasteiger partial charge in [0, 0.05) is 18.1 Å². The molecule has 1 aromatic heterocycles. The van der Waals surface area contributed by atoms with Gasteiger partial charge in [0.25, 0.3) is 11.8 Å². The van der Waals surface area contributed by atoms with Gasteiger partial charge in [-0.1, -0.05) is 30.3 Å². The van der Waals surface area contributed by atoms with Crippen LogP contribution in [0.2, 0.25) is 0 Å². The number of rotatable bonds is 4. The first kappa shape index (κ1) is 18.8. The third-order valence-corrected chi connectivity index (χ3v) is 4.28. The van der Waals surface area contributed by atoms with Crippen molar-refractivity contribution < 1.29 is 9.59 Å². The number of hydrogen-bond acceptors (Lipinski definition) is 4. The van der Waals surface area contributed by atoms with Gasteiger partial charge in [-0.25, -0.2) is 0 Å². The first-order valence-corrected chi connectivity index (χ1v) is 8.62. The molecular formula is C22H18N4O2. The van der Waals surface area contributed by atoms with Crippen LogP contribution in [0.25, 0.3) is 0 Å². The number of para-hydroxylation sites is 2. The summed E-state index contributed by atoms with van der Waals surface area (Å²) in [6, 6.07) is 15.9. The van der Waals surface area contributed by atoms with E-state index in [1.165, 1.54) is 18.5 Å². The van der Waals surface area contributed by atoms with E-state index in [9.17, 15) is 9.59 Å². The molecule has 0 bridgehead atoms. The summed E-state index contributed by atoms with van der Waals surface area (Å²) in [7, 11) is 0. The van der Waals surface area contributed by atoms with E-state index >= 15 is 0 Å². The maximum atomic E-state index is 12.6. The monoisotopic (exact) mass is 370 g/mol. The van der Waals surface area contributed by atoms with Gasteiger partial charge in [0.05, 0.1) is 22.4 Å². The van der Waals surface area contributed by atoms with Crippen LogP contribution in [0.1, 0.15) is 37.4 Å². The zero-order valence-electron chi connectivity index (χ0n) is 15.5. The third kappa shape index (κ3) is 4.05. The molecule has 0 saturated carbocycles. The second-order valence-electron chi connectivity index (χ2n) is 6.29. The molecule has 28 heavy (non-hydrogen) atoms. The Hall–Kier alpha value is -3.98. The number of carbonyl (C=O) groups is 2. The lowest BCUT2D eigenvalue weighted by Gasteiger charge is -2.12. The molecule has 0 aliphatic rings. The maximum absolute atomic E-state index is 12.6. The molecular weight excluding hydrogens is 352 g/mol. The summed E-state index contributed by atoms with van der Waals surface area (Å²) >= 11 is 0. The van der Waals surface area contributed by atoms with Crippen LogP contribution in [0.5, 0.6) is 0 Å². The van der Waals surface area contributed by atoms with Crippen molar-refractivity contribution in [1.82, 2.24) is 4.98 Å². The minimum atomic E-state index is -0.447. The summed E-state index contributed by atoms with van der Waals surface area (Å²) in [6.45, 7) is 3.83. The van der Waals surface area contributed by atoms with Crippen molar-refractivity contribution >= 4 is 23.2 Å². The zero-order chi connectivity index (χ0) is 20.1. The fraction of sp³-hybridized carbons (Fsp3) is 0.0909. The van der Waals surface area contributed by atoms with Gasteiger partial charge in [-0.2, -0.15) is 5.26 Å². The Kier molecular flexibility index (Phi) is 5.47. The molecule has 0 fully saturated rings. The first-order chi connectivity index (χ1) is 13.5. The number of aryl methyl sites for hydroxylation is 2. The average molecular weight is 370 g/mol. The Bertz CT molecular complexity index is 1080. The van der Waals surface area contributed by atoms with Crippen molar-refractivity contribution in [3.8, 4) is 6.07 Å². The van der Waals surface area contributed by atoms with E-state index in [0.717, 1.165) is 16.8 Å². The lowest BCUT2D eigenvalue weighted by molar-refractivity contribution is 0.102. The smallest absolute Gasteiger partial charge is 0.257 e. The predicted octanol–water partition coefficient (Wildman–Crippen LogP) is 4.07. The molecule has 1 heterocycles. The van der Waals surface area contributed by atoms with Gasteiger partial charge < -0.3 is 10.6 Å². The minimum absolute atomic E-state index is 0.224. The molecule has 3 aromatic rings. The molecule has 0 saturated heterocycles. The van der Waals surface area contributed by atoms with Gasteiger partial charge in [-0.15, -0.1) is 0 Å². The van der Waals surface area contributed by atoms with E-state index in [4.69, 9.17) is 5.26 Å². The van der Waals surface area contributed by atoms with Crippen LogP contribution in [0.4, 0.5) is 11.4 Å². The Labute approximate surface area is 162 Å². The highest BCUT2D eigenvalue weighted by Gasteiger charge is 2.14. The second kappa shape index (κ2) is 8.14. The topological polar surface area (TPSA) is 94.9 Å². The van der Waals surface area contributed by atoms with Gasteiger partial charge in [-0.05, 0) is 43.2 Å². The van der Waals surface area contributed by atoms with Crippen LogP contribution in [0.3, 0.4) is 0 Å². The molecule has 2 N–H and O–H groups in total. The Balaban J connectivity index is 1.81. The van der Waals surface area contributed by atoms with E-state index < -0.39 is 5.91 Å². The standard InChI is InChI=1S/C22H18N4O2/c1-14-6-5-7-15(2)20(14)26-22(28)18-10-17(12-24-13-18)21(27)25-19-9-4-3-8-16(19)11-23/h3-10,12-13H,1-2H3,(H,25,27)(H,26,28). The van der Waals surface area contributed by atoms with Gasteiger partial charge in [0.15, 0.2) is 0 Å². The van der Waals surface area contributed by atoms with Gasteiger partial charge in [0.1, 0.15) is 6.07 Å². The maximum Gasteiger partial charge on any atom is 0.257 e. The SMILES string of the molecule is Cc1cccc(C)c1NC(=O)c1cncc(C(=O)Nc2ccccc2C#N)c1. The number of hydrogen-bond donors (Lipinski definition) is 2. The molecule has 3 rings (SSSR count). The number of carbonyl (C=O) groups excluding carboxylic acids is 2. The van der Waals surface area contributed by atoms with Gasteiger partial charge >= 0.3 is 0 Å². The van der Waals surface area contributed by atoms with Crippen LogP contribution in [0.15, 0.2) is 60.9 Å². The van der Waals surface area contributed by atoms with Crippen molar-refractivity contribution in [3.05, 3.63) is 88.7 Å². The number of nitriles is 1. The lowest BCUT2D eigenvalue weighted by Crippen LogP contribution is -2.17. The highest BCUT2D eigenvalue weighted by molar-refractivity contribution is 6.09. The van der Waals surface area contributed by atoms with E-state index in [0.29, 0.717) is 11.3 Å². The van der Waals surface area contributed by atoms with Crippen LogP contribution in [-0.4, -0.2) is 16.8 Å². The quantitative estimate of drug-likeness (QED) is 0.723. The summed E-state index contributed by atoms with van der Waals surface area (Å²) < 4.78 is 0. The Morgan fingerprint density at radius 3 is 2.14 bits per heavy atom. The average Bonchev–Trinajstić information content (AvgIpc) is 2.71. The fourth-order valence-corrected chi connectivity index (χ4v) is 2.77. The third-order valence-electron chi connectivity index (χ3n) is 4.28. The normalized spacial score (nSPS) is 10.0. The molecule has 138 valence electrons. The largest absolute Gasteiger partial charge is 0.321 e. The molecule has 0 aliphatic heterocycles. The fourth-order valence-electron chi connectivity index (χ4n) is 2.77.